The van der Waals surface area contributed by atoms with Gasteiger partial charge in [-0.05, 0) is 49.8 Å². The Morgan fingerprint density at radius 2 is 1.87 bits per heavy atom. The predicted molar refractivity (Wildman–Crippen MR) is 118 cm³/mol. The average Bonchev–Trinajstić information content (AvgIpc) is 3.59. The summed E-state index contributed by atoms with van der Waals surface area (Å²) in [5.41, 5.74) is 0.996. The van der Waals surface area contributed by atoms with Crippen LogP contribution in [0.2, 0.25) is 10.0 Å². The number of benzene rings is 1. The highest BCUT2D eigenvalue weighted by Gasteiger charge is 2.46. The van der Waals surface area contributed by atoms with Crippen molar-refractivity contribution < 1.29 is 14.4 Å². The Labute approximate surface area is 187 Å². The van der Waals surface area contributed by atoms with Gasteiger partial charge in [0.25, 0.3) is 0 Å². The van der Waals surface area contributed by atoms with Crippen LogP contribution in [0.4, 0.5) is 10.5 Å². The van der Waals surface area contributed by atoms with E-state index in [1.165, 1.54) is 7.05 Å². The molecule has 9 heteroatoms. The van der Waals surface area contributed by atoms with Crippen molar-refractivity contribution in [3.05, 3.63) is 27.7 Å². The molecule has 30 heavy (non-hydrogen) atoms. The van der Waals surface area contributed by atoms with Crippen molar-refractivity contribution in [2.75, 3.05) is 38.1 Å². The molecular weight excluding hydrogens is 427 g/mol. The van der Waals surface area contributed by atoms with Crippen molar-refractivity contribution in [2.45, 2.75) is 38.1 Å². The molecule has 1 heterocycles. The van der Waals surface area contributed by atoms with Gasteiger partial charge in [-0.15, -0.1) is 0 Å². The van der Waals surface area contributed by atoms with Gasteiger partial charge in [-0.2, -0.15) is 0 Å². The standard InChI is InChI=1S/C21H28Cl2N4O3/c1-14-17(23)11-16(22)12-18(14)26-7-9-27(10-8-26)19(29)5-6-21(13-28,15-3-4-15)25-20(30)24-2/h11-13,15H,3-10H2,1-2H3,(H2,24,25,30). The zero-order valence-electron chi connectivity index (χ0n) is 17.3. The normalized spacial score (nSPS) is 18.5. The number of nitrogens with one attached hydrogen (secondary N) is 2. The van der Waals surface area contributed by atoms with Crippen LogP contribution in [0, 0.1) is 12.8 Å². The van der Waals surface area contributed by atoms with Crippen LogP contribution in [-0.2, 0) is 9.59 Å². The van der Waals surface area contributed by atoms with Gasteiger partial charge in [0.1, 0.15) is 11.8 Å². The minimum atomic E-state index is -0.966. The Bertz CT molecular complexity index is 823. The molecule has 0 radical (unpaired) electrons. The zero-order valence-corrected chi connectivity index (χ0v) is 18.9. The molecule has 3 rings (SSSR count). The lowest BCUT2D eigenvalue weighted by Gasteiger charge is -2.37. The number of amides is 3. The Morgan fingerprint density at radius 3 is 2.43 bits per heavy atom. The number of aldehydes is 1. The summed E-state index contributed by atoms with van der Waals surface area (Å²) >= 11 is 12.4. The summed E-state index contributed by atoms with van der Waals surface area (Å²) in [6.07, 6.45) is 3.11. The highest BCUT2D eigenvalue weighted by atomic mass is 35.5. The van der Waals surface area contributed by atoms with E-state index in [1.807, 2.05) is 17.9 Å². The average molecular weight is 455 g/mol. The van der Waals surface area contributed by atoms with E-state index in [9.17, 15) is 14.4 Å². The first-order valence-corrected chi connectivity index (χ1v) is 11.0. The molecule has 2 aliphatic rings. The summed E-state index contributed by atoms with van der Waals surface area (Å²) in [4.78, 5) is 40.5. The molecule has 1 aliphatic heterocycles. The quantitative estimate of drug-likeness (QED) is 0.620. The monoisotopic (exact) mass is 454 g/mol. The smallest absolute Gasteiger partial charge is 0.315 e. The van der Waals surface area contributed by atoms with Crippen molar-refractivity contribution in [2.24, 2.45) is 5.92 Å². The number of urea groups is 1. The summed E-state index contributed by atoms with van der Waals surface area (Å²) in [6.45, 7) is 4.50. The van der Waals surface area contributed by atoms with Crippen molar-refractivity contribution in [3.8, 4) is 0 Å². The molecule has 3 amide bonds. The lowest BCUT2D eigenvalue weighted by Crippen LogP contribution is -2.55. The van der Waals surface area contributed by atoms with E-state index in [0.29, 0.717) is 42.6 Å². The maximum atomic E-state index is 12.8. The van der Waals surface area contributed by atoms with Crippen LogP contribution in [0.1, 0.15) is 31.2 Å². The van der Waals surface area contributed by atoms with E-state index in [4.69, 9.17) is 23.2 Å². The highest BCUT2D eigenvalue weighted by Crippen LogP contribution is 2.41. The number of nitrogens with zero attached hydrogens (tertiary/aromatic N) is 2. The molecule has 2 N–H and O–H groups in total. The first-order chi connectivity index (χ1) is 14.3. The van der Waals surface area contributed by atoms with Crippen LogP contribution in [-0.4, -0.2) is 61.9 Å². The van der Waals surface area contributed by atoms with Crippen molar-refractivity contribution in [3.63, 3.8) is 0 Å². The second kappa shape index (κ2) is 9.43. The fraction of sp³-hybridized carbons (Fsp3) is 0.571. The maximum absolute atomic E-state index is 12.8. The molecule has 0 spiro atoms. The van der Waals surface area contributed by atoms with Gasteiger partial charge >= 0.3 is 6.03 Å². The SMILES string of the molecule is CNC(=O)NC(C=O)(CCC(=O)N1CCN(c2cc(Cl)cc(Cl)c2C)CC1)C1CC1. The van der Waals surface area contributed by atoms with E-state index in [0.717, 1.165) is 30.4 Å². The Morgan fingerprint density at radius 1 is 1.20 bits per heavy atom. The van der Waals surface area contributed by atoms with Crippen molar-refractivity contribution in [1.82, 2.24) is 15.5 Å². The molecule has 1 aromatic rings. The first kappa shape index (κ1) is 22.7. The van der Waals surface area contributed by atoms with Gasteiger partial charge in [0.15, 0.2) is 0 Å². The molecule has 1 aliphatic carbocycles. The van der Waals surface area contributed by atoms with Gasteiger partial charge in [-0.1, -0.05) is 23.2 Å². The van der Waals surface area contributed by atoms with Crippen LogP contribution in [0.3, 0.4) is 0 Å². The van der Waals surface area contributed by atoms with Crippen molar-refractivity contribution >= 4 is 47.1 Å². The summed E-state index contributed by atoms with van der Waals surface area (Å²) in [5.74, 6) is 0.105. The number of hydrogen-bond donors (Lipinski definition) is 2. The number of piperazine rings is 1. The zero-order chi connectivity index (χ0) is 21.9. The summed E-state index contributed by atoms with van der Waals surface area (Å²) in [6, 6.07) is 3.23. The number of rotatable bonds is 7. The molecule has 1 aromatic carbocycles. The van der Waals surface area contributed by atoms with Gasteiger partial charge < -0.3 is 25.2 Å². The van der Waals surface area contributed by atoms with Gasteiger partial charge in [0.05, 0.1) is 0 Å². The lowest BCUT2D eigenvalue weighted by atomic mass is 9.89. The number of anilines is 1. The topological polar surface area (TPSA) is 81.8 Å². The number of carbonyl (C=O) groups excluding carboxylic acids is 3. The number of halogens is 2. The number of carbonyl (C=O) groups is 3. The fourth-order valence-corrected chi connectivity index (χ4v) is 4.54. The van der Waals surface area contributed by atoms with Crippen LogP contribution < -0.4 is 15.5 Å². The highest BCUT2D eigenvalue weighted by molar-refractivity contribution is 6.35. The summed E-state index contributed by atoms with van der Waals surface area (Å²) in [7, 11) is 1.51. The fourth-order valence-electron chi connectivity index (χ4n) is 4.05. The van der Waals surface area contributed by atoms with Gasteiger partial charge in [0, 0.05) is 55.4 Å². The first-order valence-electron chi connectivity index (χ1n) is 10.2. The maximum Gasteiger partial charge on any atom is 0.315 e. The number of hydrogen-bond acceptors (Lipinski definition) is 4. The second-order valence-corrected chi connectivity index (χ2v) is 8.88. The summed E-state index contributed by atoms with van der Waals surface area (Å²) < 4.78 is 0. The molecule has 1 saturated carbocycles. The predicted octanol–water partition coefficient (Wildman–Crippen LogP) is 3.01. The van der Waals surface area contributed by atoms with Gasteiger partial charge in [-0.25, -0.2) is 4.79 Å². The third-order valence-electron chi connectivity index (χ3n) is 6.10. The molecule has 164 valence electrons. The van der Waals surface area contributed by atoms with Crippen molar-refractivity contribution in [1.29, 1.82) is 0 Å². The van der Waals surface area contributed by atoms with Crippen LogP contribution >= 0.6 is 23.2 Å². The van der Waals surface area contributed by atoms with Gasteiger partial charge in [-0.3, -0.25) is 4.79 Å². The molecule has 0 aromatic heterocycles. The van der Waals surface area contributed by atoms with E-state index >= 15 is 0 Å². The minimum Gasteiger partial charge on any atom is -0.368 e. The van der Waals surface area contributed by atoms with Crippen LogP contribution in [0.5, 0.6) is 0 Å². The Kier molecular flexibility index (Phi) is 7.14. The molecule has 1 unspecified atom stereocenters. The lowest BCUT2D eigenvalue weighted by molar-refractivity contribution is -0.132. The van der Waals surface area contributed by atoms with Crippen LogP contribution in [0.15, 0.2) is 12.1 Å². The Hall–Kier alpha value is -1.99. The molecule has 7 nitrogen and oxygen atoms in total. The molecule has 2 fully saturated rings. The molecule has 0 bridgehead atoms. The van der Waals surface area contributed by atoms with Gasteiger partial charge in [0.2, 0.25) is 5.91 Å². The molecular formula is C21H28Cl2N4O3. The Balaban J connectivity index is 1.57. The molecule has 1 atom stereocenters. The van der Waals surface area contributed by atoms with E-state index in [-0.39, 0.29) is 18.2 Å². The third kappa shape index (κ3) is 5.01. The summed E-state index contributed by atoms with van der Waals surface area (Å²) in [5, 5.41) is 6.49. The molecule has 1 saturated heterocycles. The largest absolute Gasteiger partial charge is 0.368 e. The minimum absolute atomic E-state index is 0.00100. The van der Waals surface area contributed by atoms with Crippen LogP contribution in [0.25, 0.3) is 0 Å². The van der Waals surface area contributed by atoms with E-state index < -0.39 is 11.6 Å². The van der Waals surface area contributed by atoms with E-state index in [1.54, 1.807) is 6.07 Å². The van der Waals surface area contributed by atoms with E-state index in [2.05, 4.69) is 15.5 Å². The second-order valence-electron chi connectivity index (χ2n) is 8.04. The third-order valence-corrected chi connectivity index (χ3v) is 6.71.